The lowest BCUT2D eigenvalue weighted by atomic mass is 9.89. The Labute approximate surface area is 110 Å². The van der Waals surface area contributed by atoms with E-state index in [9.17, 15) is 4.79 Å². The lowest BCUT2D eigenvalue weighted by Gasteiger charge is -2.16. The second-order valence-corrected chi connectivity index (χ2v) is 4.38. The van der Waals surface area contributed by atoms with Gasteiger partial charge in [0.25, 0.3) is 0 Å². The van der Waals surface area contributed by atoms with Crippen molar-refractivity contribution >= 4 is 5.97 Å². The standard InChI is InChI=1S/C13H17O3.2CH2/c14-13(15)11-8-12(16-9-11)10-6-4-2-1-3-5-7-10;;/h8-9H,1-7H2,(H,14,15);2*1H2. The summed E-state index contributed by atoms with van der Waals surface area (Å²) in [5.41, 5.74) is 0.254. The predicted octanol–water partition coefficient (Wildman–Crippen LogP) is 4.30. The van der Waals surface area contributed by atoms with Gasteiger partial charge in [-0.25, -0.2) is 4.79 Å². The Morgan fingerprint density at radius 2 is 1.61 bits per heavy atom. The number of hydrogen-bond acceptors (Lipinski definition) is 2. The molecular formula is C15H21O3. The van der Waals surface area contributed by atoms with Crippen LogP contribution in [0.15, 0.2) is 16.7 Å². The van der Waals surface area contributed by atoms with Gasteiger partial charge in [0.15, 0.2) is 0 Å². The fourth-order valence-electron chi connectivity index (χ4n) is 2.21. The van der Waals surface area contributed by atoms with Crippen molar-refractivity contribution < 1.29 is 14.3 Å². The summed E-state index contributed by atoms with van der Waals surface area (Å²) >= 11 is 0. The number of aromatic carboxylic acids is 1. The van der Waals surface area contributed by atoms with Crippen molar-refractivity contribution in [3.05, 3.63) is 44.4 Å². The first-order valence-corrected chi connectivity index (χ1v) is 5.94. The molecule has 3 heteroatoms. The van der Waals surface area contributed by atoms with Crippen LogP contribution in [-0.4, -0.2) is 11.1 Å². The van der Waals surface area contributed by atoms with E-state index in [1.807, 2.05) is 0 Å². The summed E-state index contributed by atoms with van der Waals surface area (Å²) in [4.78, 5) is 10.8. The summed E-state index contributed by atoms with van der Waals surface area (Å²) < 4.78 is 5.34. The second-order valence-electron chi connectivity index (χ2n) is 4.38. The van der Waals surface area contributed by atoms with Gasteiger partial charge in [-0.3, -0.25) is 0 Å². The third kappa shape index (κ3) is 4.21. The highest BCUT2D eigenvalue weighted by Gasteiger charge is 2.19. The van der Waals surface area contributed by atoms with Crippen LogP contribution < -0.4 is 0 Å². The summed E-state index contributed by atoms with van der Waals surface area (Å²) in [7, 11) is 0. The lowest BCUT2D eigenvalue weighted by molar-refractivity contribution is 0.0696. The highest BCUT2D eigenvalue weighted by atomic mass is 16.4. The summed E-state index contributed by atoms with van der Waals surface area (Å²) in [6.45, 7) is 0. The molecular weight excluding hydrogens is 228 g/mol. The van der Waals surface area contributed by atoms with E-state index in [0.717, 1.165) is 18.6 Å². The van der Waals surface area contributed by atoms with Crippen molar-refractivity contribution in [3.8, 4) is 0 Å². The molecule has 5 radical (unpaired) electrons. The molecule has 1 saturated carbocycles. The SMILES string of the molecule is O=C(O)c1coc([C]2CCCCCCC2)c1.[CH2].[CH2]. The minimum absolute atomic E-state index is 0. The number of furan rings is 1. The zero-order chi connectivity index (χ0) is 11.4. The first-order chi connectivity index (χ1) is 7.77. The van der Waals surface area contributed by atoms with Crippen molar-refractivity contribution in [2.75, 3.05) is 0 Å². The van der Waals surface area contributed by atoms with E-state index in [4.69, 9.17) is 9.52 Å². The van der Waals surface area contributed by atoms with E-state index in [1.54, 1.807) is 6.07 Å². The topological polar surface area (TPSA) is 50.4 Å². The molecule has 1 aromatic heterocycles. The molecule has 1 N–H and O–H groups in total. The van der Waals surface area contributed by atoms with Crippen LogP contribution in [0.3, 0.4) is 0 Å². The monoisotopic (exact) mass is 249 g/mol. The van der Waals surface area contributed by atoms with E-state index in [1.165, 1.54) is 44.3 Å². The smallest absolute Gasteiger partial charge is 0.338 e. The minimum atomic E-state index is -0.915. The molecule has 2 rings (SSSR count). The number of carboxylic acids is 1. The van der Waals surface area contributed by atoms with Gasteiger partial charge in [0.1, 0.15) is 12.0 Å². The number of hydrogen-bond donors (Lipinski definition) is 1. The molecule has 1 aromatic rings. The average molecular weight is 249 g/mol. The molecule has 3 nitrogen and oxygen atoms in total. The summed E-state index contributed by atoms with van der Waals surface area (Å²) in [6.07, 6.45) is 9.69. The fourth-order valence-corrected chi connectivity index (χ4v) is 2.21. The highest BCUT2D eigenvalue weighted by Crippen LogP contribution is 2.30. The molecule has 0 atom stereocenters. The van der Waals surface area contributed by atoms with Gasteiger partial charge >= 0.3 is 5.97 Å². The zero-order valence-electron chi connectivity index (χ0n) is 10.8. The molecule has 1 aliphatic rings. The minimum Gasteiger partial charge on any atom is -0.478 e. The quantitative estimate of drug-likeness (QED) is 0.850. The van der Waals surface area contributed by atoms with Crippen molar-refractivity contribution in [2.24, 2.45) is 0 Å². The first-order valence-electron chi connectivity index (χ1n) is 5.94. The van der Waals surface area contributed by atoms with Crippen LogP contribution in [0.25, 0.3) is 0 Å². The van der Waals surface area contributed by atoms with E-state index in [2.05, 4.69) is 0 Å². The Morgan fingerprint density at radius 1 is 1.06 bits per heavy atom. The van der Waals surface area contributed by atoms with Crippen LogP contribution in [-0.2, 0) is 0 Å². The molecule has 0 aliphatic heterocycles. The van der Waals surface area contributed by atoms with Crippen LogP contribution >= 0.6 is 0 Å². The molecule has 1 fully saturated rings. The van der Waals surface area contributed by atoms with Gasteiger partial charge in [0.05, 0.1) is 5.56 Å². The molecule has 1 aliphatic carbocycles. The maximum absolute atomic E-state index is 10.8. The third-order valence-electron chi connectivity index (χ3n) is 3.15. The fraction of sp³-hybridized carbons (Fsp3) is 0.467. The van der Waals surface area contributed by atoms with E-state index in [0.29, 0.717) is 0 Å². The predicted molar refractivity (Wildman–Crippen MR) is 71.0 cm³/mol. The normalized spacial score (nSPS) is 16.9. The molecule has 0 bridgehead atoms. The Hall–Kier alpha value is -1.25. The van der Waals surface area contributed by atoms with E-state index in [-0.39, 0.29) is 20.4 Å². The molecule has 0 unspecified atom stereocenters. The molecule has 0 amide bonds. The summed E-state index contributed by atoms with van der Waals surface area (Å²) in [5, 5.41) is 8.83. The summed E-state index contributed by atoms with van der Waals surface area (Å²) in [6, 6.07) is 1.65. The van der Waals surface area contributed by atoms with Crippen LogP contribution in [0.2, 0.25) is 0 Å². The van der Waals surface area contributed by atoms with Gasteiger partial charge in [-0.2, -0.15) is 0 Å². The van der Waals surface area contributed by atoms with Crippen molar-refractivity contribution in [2.45, 2.75) is 44.9 Å². The number of carbonyl (C=O) groups is 1. The van der Waals surface area contributed by atoms with Gasteiger partial charge in [-0.1, -0.05) is 47.0 Å². The molecule has 18 heavy (non-hydrogen) atoms. The second kappa shape index (κ2) is 7.96. The zero-order valence-corrected chi connectivity index (χ0v) is 10.8. The van der Waals surface area contributed by atoms with Gasteiger partial charge < -0.3 is 9.52 Å². The Kier molecular flexibility index (Phi) is 7.41. The van der Waals surface area contributed by atoms with Gasteiger partial charge in [0, 0.05) is 5.92 Å². The third-order valence-corrected chi connectivity index (χ3v) is 3.15. The van der Waals surface area contributed by atoms with Crippen molar-refractivity contribution in [1.29, 1.82) is 0 Å². The largest absolute Gasteiger partial charge is 0.478 e. The first kappa shape index (κ1) is 16.8. The van der Waals surface area contributed by atoms with Crippen molar-refractivity contribution in [1.82, 2.24) is 0 Å². The van der Waals surface area contributed by atoms with E-state index >= 15 is 0 Å². The Balaban J connectivity index is 0.00000144. The number of carboxylic acid groups (broad SMARTS) is 1. The van der Waals surface area contributed by atoms with Crippen LogP contribution in [0, 0.1) is 20.8 Å². The van der Waals surface area contributed by atoms with Crippen molar-refractivity contribution in [3.63, 3.8) is 0 Å². The molecule has 99 valence electrons. The van der Waals surface area contributed by atoms with Gasteiger partial charge in [0.2, 0.25) is 0 Å². The molecule has 0 aromatic carbocycles. The Morgan fingerprint density at radius 3 is 2.11 bits per heavy atom. The maximum Gasteiger partial charge on any atom is 0.338 e. The molecule has 0 saturated heterocycles. The van der Waals surface area contributed by atoms with Gasteiger partial charge in [-0.05, 0) is 18.9 Å². The van der Waals surface area contributed by atoms with Crippen LogP contribution in [0.1, 0.15) is 61.1 Å². The molecule has 0 spiro atoms. The lowest BCUT2D eigenvalue weighted by Crippen LogP contribution is -2.02. The van der Waals surface area contributed by atoms with Gasteiger partial charge in [-0.15, -0.1) is 0 Å². The highest BCUT2D eigenvalue weighted by molar-refractivity contribution is 5.87. The number of rotatable bonds is 2. The average Bonchev–Trinajstić information content (AvgIpc) is 2.66. The Bertz CT molecular complexity index is 346. The summed E-state index contributed by atoms with van der Waals surface area (Å²) in [5.74, 6) is 1.15. The van der Waals surface area contributed by atoms with Crippen LogP contribution in [0.5, 0.6) is 0 Å². The maximum atomic E-state index is 10.8. The van der Waals surface area contributed by atoms with Crippen LogP contribution in [0.4, 0.5) is 0 Å². The van der Waals surface area contributed by atoms with E-state index < -0.39 is 5.97 Å². The molecule has 1 heterocycles.